The number of ether oxygens (including phenoxy) is 1. The number of fused-ring (bicyclic) bond motifs is 1. The number of carbonyl (C=O) groups excluding carboxylic acids is 1. The summed E-state index contributed by atoms with van der Waals surface area (Å²) in [6.07, 6.45) is 4.25. The van der Waals surface area contributed by atoms with Crippen LogP contribution < -0.4 is 10.5 Å². The molecule has 2 aromatic rings. The highest BCUT2D eigenvalue weighted by Gasteiger charge is 2.42. The van der Waals surface area contributed by atoms with E-state index in [-0.39, 0.29) is 35.1 Å². The zero-order valence-electron chi connectivity index (χ0n) is 17.6. The van der Waals surface area contributed by atoms with Crippen LogP contribution in [-0.4, -0.2) is 64.8 Å². The molecule has 1 aromatic carbocycles. The molecular formula is C22H26ClF2N5O2. The number of hydrogen-bond donors (Lipinski definition) is 1. The van der Waals surface area contributed by atoms with Crippen LogP contribution in [0, 0.1) is 17.8 Å². The van der Waals surface area contributed by atoms with Gasteiger partial charge in [0.1, 0.15) is 18.0 Å². The molecule has 2 saturated heterocycles. The van der Waals surface area contributed by atoms with Crippen molar-refractivity contribution in [3.63, 3.8) is 0 Å². The number of benzene rings is 1. The number of alkyl halides is 2. The molecule has 2 aliphatic heterocycles. The average Bonchev–Trinajstić information content (AvgIpc) is 3.15. The second kappa shape index (κ2) is 8.51. The number of hydrogen-bond acceptors (Lipinski definition) is 5. The highest BCUT2D eigenvalue weighted by molar-refractivity contribution is 6.31. The van der Waals surface area contributed by atoms with E-state index in [1.165, 1.54) is 48.5 Å². The van der Waals surface area contributed by atoms with E-state index in [9.17, 15) is 13.6 Å². The average molecular weight is 466 g/mol. The fraction of sp³-hybridized carbons (Fsp3) is 0.545. The molecule has 1 aromatic heterocycles. The third-order valence-corrected chi connectivity index (χ3v) is 6.86. The third kappa shape index (κ3) is 4.54. The molecule has 3 heterocycles. The van der Waals surface area contributed by atoms with Gasteiger partial charge in [0.25, 0.3) is 0 Å². The number of likely N-dealkylation sites (tertiary alicyclic amines) is 2. The van der Waals surface area contributed by atoms with Gasteiger partial charge in [0.2, 0.25) is 5.91 Å². The van der Waals surface area contributed by atoms with Crippen molar-refractivity contribution < 1.29 is 18.3 Å². The van der Waals surface area contributed by atoms with Crippen molar-refractivity contribution >= 4 is 23.2 Å². The molecule has 10 heteroatoms. The topological polar surface area (TPSA) is 76.6 Å². The van der Waals surface area contributed by atoms with Crippen LogP contribution in [0.5, 0.6) is 5.75 Å². The van der Waals surface area contributed by atoms with Gasteiger partial charge in [0, 0.05) is 49.5 Å². The lowest BCUT2D eigenvalue weighted by atomic mass is 10.0. The van der Waals surface area contributed by atoms with Gasteiger partial charge < -0.3 is 20.3 Å². The highest BCUT2D eigenvalue weighted by Crippen LogP contribution is 2.37. The van der Waals surface area contributed by atoms with Gasteiger partial charge in [0.15, 0.2) is 0 Å². The standard InChI is InChI=1S/C22H26ClF2N5O2/c23-16-3-4-19(32-22(24)25)17(5-16)21-18(26)11-30(27-21)12-20(31)29-9-14-7-28(6-13-1-2-13)8-15(14)10-29/h3-5,11,13-15,22H,1-2,6-10,12,26H2. The molecule has 7 nitrogen and oxygen atoms in total. The van der Waals surface area contributed by atoms with Crippen LogP contribution in [0.1, 0.15) is 12.8 Å². The molecule has 2 N–H and O–H groups in total. The number of rotatable bonds is 7. The first kappa shape index (κ1) is 21.5. The predicted octanol–water partition coefficient (Wildman–Crippen LogP) is 3.19. The number of nitrogens with two attached hydrogens (primary N) is 1. The fourth-order valence-electron chi connectivity index (χ4n) is 4.96. The van der Waals surface area contributed by atoms with Crippen LogP contribution in [-0.2, 0) is 11.3 Å². The minimum Gasteiger partial charge on any atom is -0.434 e. The maximum atomic E-state index is 12.9. The summed E-state index contributed by atoms with van der Waals surface area (Å²) >= 11 is 6.04. The molecule has 1 aliphatic carbocycles. The van der Waals surface area contributed by atoms with Crippen LogP contribution in [0.25, 0.3) is 11.3 Å². The van der Waals surface area contributed by atoms with Crippen LogP contribution in [0.2, 0.25) is 5.02 Å². The number of nitrogen functional groups attached to an aromatic ring is 1. The Morgan fingerprint density at radius 1 is 1.22 bits per heavy atom. The molecule has 2 atom stereocenters. The zero-order chi connectivity index (χ0) is 22.4. The minimum atomic E-state index is -2.99. The number of aromatic nitrogens is 2. The van der Waals surface area contributed by atoms with Gasteiger partial charge in [-0.25, -0.2) is 0 Å². The summed E-state index contributed by atoms with van der Waals surface area (Å²) in [6.45, 7) is 1.95. The maximum Gasteiger partial charge on any atom is 0.387 e. The first-order valence-electron chi connectivity index (χ1n) is 10.9. The van der Waals surface area contributed by atoms with Crippen molar-refractivity contribution in [1.29, 1.82) is 0 Å². The first-order valence-corrected chi connectivity index (χ1v) is 11.3. The molecule has 0 radical (unpaired) electrons. The van der Waals surface area contributed by atoms with Crippen molar-refractivity contribution in [3.8, 4) is 17.0 Å². The normalized spacial score (nSPS) is 23.2. The van der Waals surface area contributed by atoms with E-state index in [1.54, 1.807) is 0 Å². The minimum absolute atomic E-state index is 0.0164. The molecule has 2 unspecified atom stereocenters. The molecule has 3 fully saturated rings. The van der Waals surface area contributed by atoms with Gasteiger partial charge in [-0.3, -0.25) is 9.48 Å². The second-order valence-electron chi connectivity index (χ2n) is 9.13. The molecule has 1 saturated carbocycles. The quantitative estimate of drug-likeness (QED) is 0.679. The number of nitrogens with zero attached hydrogens (tertiary/aromatic N) is 4. The monoisotopic (exact) mass is 465 g/mol. The molecule has 5 rings (SSSR count). The van der Waals surface area contributed by atoms with Crippen molar-refractivity contribution in [3.05, 3.63) is 29.4 Å². The molecular weight excluding hydrogens is 440 g/mol. The van der Waals surface area contributed by atoms with Crippen LogP contribution in [0.4, 0.5) is 14.5 Å². The van der Waals surface area contributed by atoms with Gasteiger partial charge in [-0.05, 0) is 48.8 Å². The predicted molar refractivity (Wildman–Crippen MR) is 116 cm³/mol. The Kier molecular flexibility index (Phi) is 5.71. The summed E-state index contributed by atoms with van der Waals surface area (Å²) in [4.78, 5) is 17.4. The lowest BCUT2D eigenvalue weighted by Gasteiger charge is -2.21. The first-order chi connectivity index (χ1) is 15.4. The Morgan fingerprint density at radius 3 is 2.59 bits per heavy atom. The summed E-state index contributed by atoms with van der Waals surface area (Å²) in [5.74, 6) is 1.87. The molecule has 1 amide bonds. The lowest BCUT2D eigenvalue weighted by Crippen LogP contribution is -2.35. The van der Waals surface area contributed by atoms with E-state index in [0.717, 1.165) is 32.1 Å². The highest BCUT2D eigenvalue weighted by atomic mass is 35.5. The molecule has 172 valence electrons. The number of anilines is 1. The van der Waals surface area contributed by atoms with Crippen LogP contribution in [0.3, 0.4) is 0 Å². The molecule has 0 spiro atoms. The van der Waals surface area contributed by atoms with Crippen molar-refractivity contribution in [2.75, 3.05) is 38.5 Å². The summed E-state index contributed by atoms with van der Waals surface area (Å²) in [6, 6.07) is 4.28. The van der Waals surface area contributed by atoms with E-state index in [2.05, 4.69) is 14.7 Å². The van der Waals surface area contributed by atoms with E-state index in [4.69, 9.17) is 17.3 Å². The SMILES string of the molecule is Nc1cn(CC(=O)N2CC3CN(CC4CC4)CC3C2)nc1-c1cc(Cl)ccc1OC(F)F. The zero-order valence-corrected chi connectivity index (χ0v) is 18.3. The Balaban J connectivity index is 1.24. The number of carbonyl (C=O) groups is 1. The van der Waals surface area contributed by atoms with Gasteiger partial charge in [-0.1, -0.05) is 11.6 Å². The summed E-state index contributed by atoms with van der Waals surface area (Å²) in [5.41, 5.74) is 6.86. The van der Waals surface area contributed by atoms with Gasteiger partial charge in [0.05, 0.1) is 5.69 Å². The van der Waals surface area contributed by atoms with Crippen molar-refractivity contribution in [2.45, 2.75) is 26.0 Å². The Morgan fingerprint density at radius 2 is 1.94 bits per heavy atom. The van der Waals surface area contributed by atoms with E-state index >= 15 is 0 Å². The van der Waals surface area contributed by atoms with Gasteiger partial charge in [-0.15, -0.1) is 0 Å². The molecule has 0 bridgehead atoms. The van der Waals surface area contributed by atoms with E-state index in [1.807, 2.05) is 4.90 Å². The number of amides is 1. The second-order valence-corrected chi connectivity index (χ2v) is 9.57. The van der Waals surface area contributed by atoms with E-state index in [0.29, 0.717) is 16.9 Å². The molecule has 3 aliphatic rings. The summed E-state index contributed by atoms with van der Waals surface area (Å²) < 4.78 is 31.6. The van der Waals surface area contributed by atoms with E-state index < -0.39 is 6.61 Å². The largest absolute Gasteiger partial charge is 0.434 e. The fourth-order valence-corrected chi connectivity index (χ4v) is 5.13. The molecule has 32 heavy (non-hydrogen) atoms. The number of halogens is 3. The van der Waals surface area contributed by atoms with Gasteiger partial charge >= 0.3 is 6.61 Å². The third-order valence-electron chi connectivity index (χ3n) is 6.63. The smallest absolute Gasteiger partial charge is 0.387 e. The Labute approximate surface area is 190 Å². The van der Waals surface area contributed by atoms with Crippen LogP contribution >= 0.6 is 11.6 Å². The maximum absolute atomic E-state index is 12.9. The Bertz CT molecular complexity index is 998. The van der Waals surface area contributed by atoms with Gasteiger partial charge in [-0.2, -0.15) is 13.9 Å². The van der Waals surface area contributed by atoms with Crippen LogP contribution in [0.15, 0.2) is 24.4 Å². The Hall–Kier alpha value is -2.39. The van der Waals surface area contributed by atoms with Crippen molar-refractivity contribution in [2.24, 2.45) is 17.8 Å². The summed E-state index contributed by atoms with van der Waals surface area (Å²) in [5, 5.41) is 4.72. The van der Waals surface area contributed by atoms with Crippen molar-refractivity contribution in [1.82, 2.24) is 19.6 Å². The lowest BCUT2D eigenvalue weighted by molar-refractivity contribution is -0.131. The summed E-state index contributed by atoms with van der Waals surface area (Å²) in [7, 11) is 0.